The van der Waals surface area contributed by atoms with Gasteiger partial charge in [-0.2, -0.15) is 0 Å². The third kappa shape index (κ3) is 3.96. The molecule has 0 aromatic heterocycles. The normalized spacial score (nSPS) is 18.8. The molecular formula is C27H29N3O5. The van der Waals surface area contributed by atoms with E-state index in [0.29, 0.717) is 37.1 Å². The molecule has 0 radical (unpaired) electrons. The topological polar surface area (TPSA) is 107 Å². The predicted octanol–water partition coefficient (Wildman–Crippen LogP) is 2.95. The average Bonchev–Trinajstić information content (AvgIpc) is 3.03. The summed E-state index contributed by atoms with van der Waals surface area (Å²) in [5.74, 6) is -0.930. The Morgan fingerprint density at radius 2 is 1.80 bits per heavy atom. The fraction of sp³-hybridized carbons (Fsp3) is 0.407. The van der Waals surface area contributed by atoms with Crippen LogP contribution in [0.4, 0.5) is 5.69 Å². The van der Waals surface area contributed by atoms with Crippen molar-refractivity contribution < 1.29 is 24.3 Å². The van der Waals surface area contributed by atoms with Crippen LogP contribution in [0.25, 0.3) is 0 Å². The number of carboxylic acid groups (broad SMARTS) is 1. The van der Waals surface area contributed by atoms with Gasteiger partial charge in [-0.3, -0.25) is 14.4 Å². The number of fused-ring (bicyclic) bond motifs is 2. The van der Waals surface area contributed by atoms with Crippen LogP contribution in [-0.2, 0) is 21.5 Å². The molecule has 35 heavy (non-hydrogen) atoms. The van der Waals surface area contributed by atoms with E-state index in [2.05, 4.69) is 5.32 Å². The van der Waals surface area contributed by atoms with Crippen LogP contribution < -0.4 is 10.2 Å². The number of likely N-dealkylation sites (N-methyl/N-ethyl adjacent to an activating group) is 1. The summed E-state index contributed by atoms with van der Waals surface area (Å²) in [7, 11) is 1.76. The van der Waals surface area contributed by atoms with E-state index in [1.165, 1.54) is 12.1 Å². The summed E-state index contributed by atoms with van der Waals surface area (Å²) in [5.41, 5.74) is 2.25. The number of carboxylic acids is 1. The highest BCUT2D eigenvalue weighted by molar-refractivity contribution is 6.09. The van der Waals surface area contributed by atoms with Crippen molar-refractivity contribution >= 4 is 29.4 Å². The number of carbonyl (C=O) groups is 4. The maximum atomic E-state index is 13.4. The molecule has 1 spiro atoms. The molecular weight excluding hydrogens is 446 g/mol. The van der Waals surface area contributed by atoms with Gasteiger partial charge >= 0.3 is 5.97 Å². The molecule has 2 aromatic rings. The van der Waals surface area contributed by atoms with Gasteiger partial charge in [0.05, 0.1) is 11.0 Å². The minimum Gasteiger partial charge on any atom is -0.478 e. The largest absolute Gasteiger partial charge is 0.478 e. The Morgan fingerprint density at radius 3 is 2.46 bits per heavy atom. The molecule has 2 N–H and O–H groups in total. The molecule has 1 saturated carbocycles. The Morgan fingerprint density at radius 1 is 1.06 bits per heavy atom. The lowest BCUT2D eigenvalue weighted by atomic mass is 9.72. The Kier molecular flexibility index (Phi) is 5.83. The number of carbonyl (C=O) groups excluding carboxylic acids is 3. The third-order valence-corrected chi connectivity index (χ3v) is 7.86. The van der Waals surface area contributed by atoms with Crippen LogP contribution in [0.1, 0.15) is 63.9 Å². The SMILES string of the molecule is CN1C(=O)C2(CCN(C(=O)C3CCC3)CC2)c2cc(C(=O)NCc3cccc(C(=O)O)c3)ccc21. The van der Waals surface area contributed by atoms with Crippen LogP contribution in [0.5, 0.6) is 0 Å². The zero-order valence-corrected chi connectivity index (χ0v) is 19.8. The van der Waals surface area contributed by atoms with Crippen molar-refractivity contribution in [3.63, 3.8) is 0 Å². The highest BCUT2D eigenvalue weighted by Gasteiger charge is 2.52. The predicted molar refractivity (Wildman–Crippen MR) is 129 cm³/mol. The van der Waals surface area contributed by atoms with Crippen LogP contribution in [-0.4, -0.2) is 53.8 Å². The van der Waals surface area contributed by atoms with Crippen LogP contribution in [0.3, 0.4) is 0 Å². The number of piperidine rings is 1. The quantitative estimate of drug-likeness (QED) is 0.692. The Hall–Kier alpha value is -3.68. The van der Waals surface area contributed by atoms with Crippen molar-refractivity contribution in [2.75, 3.05) is 25.0 Å². The first-order chi connectivity index (χ1) is 16.8. The van der Waals surface area contributed by atoms with Crippen molar-refractivity contribution in [1.82, 2.24) is 10.2 Å². The van der Waals surface area contributed by atoms with Crippen molar-refractivity contribution in [3.05, 3.63) is 64.7 Å². The Labute approximate surface area is 203 Å². The molecule has 0 bridgehead atoms. The second kappa shape index (κ2) is 8.83. The number of aromatic carboxylic acids is 1. The van der Waals surface area contributed by atoms with Crippen LogP contribution in [0.15, 0.2) is 42.5 Å². The summed E-state index contributed by atoms with van der Waals surface area (Å²) < 4.78 is 0. The van der Waals surface area contributed by atoms with E-state index in [4.69, 9.17) is 5.11 Å². The van der Waals surface area contributed by atoms with E-state index in [-0.39, 0.29) is 35.7 Å². The van der Waals surface area contributed by atoms with Gasteiger partial charge in [-0.25, -0.2) is 4.79 Å². The molecule has 0 atom stereocenters. The number of anilines is 1. The maximum absolute atomic E-state index is 13.4. The molecule has 5 rings (SSSR count). The number of rotatable bonds is 5. The fourth-order valence-electron chi connectivity index (χ4n) is 5.50. The fourth-order valence-corrected chi connectivity index (χ4v) is 5.50. The summed E-state index contributed by atoms with van der Waals surface area (Å²) in [6.07, 6.45) is 4.14. The minimum absolute atomic E-state index is 0.0197. The summed E-state index contributed by atoms with van der Waals surface area (Å²) in [5, 5.41) is 12.0. The highest BCUT2D eigenvalue weighted by Crippen LogP contribution is 2.48. The minimum atomic E-state index is -1.02. The second-order valence-electron chi connectivity index (χ2n) is 9.82. The molecule has 8 heteroatoms. The molecule has 182 valence electrons. The zero-order valence-electron chi connectivity index (χ0n) is 19.8. The summed E-state index contributed by atoms with van der Waals surface area (Å²) >= 11 is 0. The standard InChI is InChI=1S/C27H29N3O5/c1-29-22-9-8-19(23(31)28-16-17-4-2-7-20(14-17)25(33)34)15-21(22)27(26(29)35)10-12-30(13-11-27)24(32)18-5-3-6-18/h2,4,7-9,14-15,18H,3,5-6,10-13,16H2,1H3,(H,28,31)(H,33,34). The van der Waals surface area contributed by atoms with Crippen molar-refractivity contribution in [2.45, 2.75) is 44.1 Å². The molecule has 3 amide bonds. The molecule has 1 saturated heterocycles. The first kappa shape index (κ1) is 23.1. The van der Waals surface area contributed by atoms with E-state index in [1.807, 2.05) is 17.0 Å². The molecule has 2 heterocycles. The lowest BCUT2D eigenvalue weighted by Gasteiger charge is -2.40. The third-order valence-electron chi connectivity index (χ3n) is 7.86. The van der Waals surface area contributed by atoms with Gasteiger partial charge in [0.15, 0.2) is 0 Å². The lowest BCUT2D eigenvalue weighted by molar-refractivity contribution is -0.141. The second-order valence-corrected chi connectivity index (χ2v) is 9.82. The maximum Gasteiger partial charge on any atom is 0.335 e. The Bertz CT molecular complexity index is 1210. The monoisotopic (exact) mass is 475 g/mol. The number of likely N-dealkylation sites (tertiary alicyclic amines) is 1. The van der Waals surface area contributed by atoms with Crippen LogP contribution in [0, 0.1) is 5.92 Å². The number of hydrogen-bond donors (Lipinski definition) is 2. The number of benzene rings is 2. The zero-order chi connectivity index (χ0) is 24.7. The summed E-state index contributed by atoms with van der Waals surface area (Å²) in [4.78, 5) is 53.8. The van der Waals surface area contributed by atoms with Gasteiger partial charge in [0.2, 0.25) is 11.8 Å². The van der Waals surface area contributed by atoms with Gasteiger partial charge in [-0.05, 0) is 67.1 Å². The van der Waals surface area contributed by atoms with Crippen LogP contribution >= 0.6 is 0 Å². The molecule has 2 aliphatic heterocycles. The molecule has 2 fully saturated rings. The van der Waals surface area contributed by atoms with Gasteiger partial charge in [0.25, 0.3) is 5.91 Å². The average molecular weight is 476 g/mol. The van der Waals surface area contributed by atoms with E-state index in [1.54, 1.807) is 30.1 Å². The van der Waals surface area contributed by atoms with Crippen LogP contribution in [0.2, 0.25) is 0 Å². The van der Waals surface area contributed by atoms with E-state index in [0.717, 1.165) is 30.5 Å². The van der Waals surface area contributed by atoms with Gasteiger partial charge in [-0.1, -0.05) is 18.6 Å². The van der Waals surface area contributed by atoms with Gasteiger partial charge in [0.1, 0.15) is 0 Å². The molecule has 3 aliphatic rings. The molecule has 0 unspecified atom stereocenters. The molecule has 8 nitrogen and oxygen atoms in total. The number of hydrogen-bond acceptors (Lipinski definition) is 4. The van der Waals surface area contributed by atoms with E-state index < -0.39 is 11.4 Å². The smallest absolute Gasteiger partial charge is 0.335 e. The number of nitrogens with zero attached hydrogens (tertiary/aromatic N) is 2. The number of amides is 3. The van der Waals surface area contributed by atoms with E-state index in [9.17, 15) is 19.2 Å². The Balaban J connectivity index is 1.33. The summed E-state index contributed by atoms with van der Waals surface area (Å²) in [6, 6.07) is 11.8. The summed E-state index contributed by atoms with van der Waals surface area (Å²) in [6.45, 7) is 1.29. The van der Waals surface area contributed by atoms with E-state index >= 15 is 0 Å². The molecule has 2 aromatic carbocycles. The highest BCUT2D eigenvalue weighted by atomic mass is 16.4. The first-order valence-corrected chi connectivity index (χ1v) is 12.1. The number of nitrogens with one attached hydrogen (secondary N) is 1. The molecule has 1 aliphatic carbocycles. The van der Waals surface area contributed by atoms with Gasteiger partial charge < -0.3 is 20.2 Å². The van der Waals surface area contributed by atoms with Crippen molar-refractivity contribution in [1.29, 1.82) is 0 Å². The van der Waals surface area contributed by atoms with Crippen molar-refractivity contribution in [2.24, 2.45) is 5.92 Å². The first-order valence-electron chi connectivity index (χ1n) is 12.1. The van der Waals surface area contributed by atoms with Gasteiger partial charge in [0, 0.05) is 43.9 Å². The van der Waals surface area contributed by atoms with Crippen molar-refractivity contribution in [3.8, 4) is 0 Å². The van der Waals surface area contributed by atoms with Gasteiger partial charge in [-0.15, -0.1) is 0 Å². The lowest BCUT2D eigenvalue weighted by Crippen LogP contribution is -2.51.